The number of pyridine rings is 1. The molecule has 1 amide bonds. The number of nitro groups is 1. The van der Waals surface area contributed by atoms with Gasteiger partial charge in [-0.3, -0.25) is 24.1 Å². The highest BCUT2D eigenvalue weighted by molar-refractivity contribution is 6.46. The van der Waals surface area contributed by atoms with Crippen molar-refractivity contribution in [1.82, 2.24) is 19.2 Å². The number of benzene rings is 1. The number of aryl methyl sites for hydroxylation is 1. The molecular weight excluding hydrogens is 450 g/mol. The normalized spacial score (nSPS) is 17.6. The van der Waals surface area contributed by atoms with Crippen molar-refractivity contribution in [2.24, 2.45) is 0 Å². The van der Waals surface area contributed by atoms with E-state index in [0.717, 1.165) is 13.1 Å². The zero-order chi connectivity index (χ0) is 25.3. The van der Waals surface area contributed by atoms with Crippen LogP contribution in [0.3, 0.4) is 0 Å². The molecule has 1 aromatic carbocycles. The van der Waals surface area contributed by atoms with Crippen molar-refractivity contribution in [1.29, 1.82) is 0 Å². The number of nitro benzene ring substituents is 1. The fourth-order valence-corrected chi connectivity index (χ4v) is 4.55. The lowest BCUT2D eigenvalue weighted by atomic mass is 9.96. The molecule has 0 saturated carbocycles. The second kappa shape index (κ2) is 9.67. The minimum Gasteiger partial charge on any atom is -0.505 e. The van der Waals surface area contributed by atoms with Crippen molar-refractivity contribution < 1.29 is 19.6 Å². The van der Waals surface area contributed by atoms with Crippen molar-refractivity contribution >= 4 is 28.8 Å². The summed E-state index contributed by atoms with van der Waals surface area (Å²) in [6.45, 7) is 8.11. The van der Waals surface area contributed by atoms with Crippen LogP contribution in [0.4, 0.5) is 5.69 Å². The maximum Gasteiger partial charge on any atom is 0.295 e. The van der Waals surface area contributed by atoms with Gasteiger partial charge in [-0.05, 0) is 49.8 Å². The van der Waals surface area contributed by atoms with Gasteiger partial charge in [-0.1, -0.05) is 19.9 Å². The van der Waals surface area contributed by atoms with Gasteiger partial charge in [-0.25, -0.2) is 4.98 Å². The molecule has 1 aliphatic heterocycles. The number of likely N-dealkylation sites (N-methyl/N-ethyl adjacent to an activating group) is 1. The first kappa shape index (κ1) is 24.1. The van der Waals surface area contributed by atoms with Crippen LogP contribution in [-0.4, -0.2) is 67.1 Å². The predicted molar refractivity (Wildman–Crippen MR) is 130 cm³/mol. The van der Waals surface area contributed by atoms with Gasteiger partial charge in [0.2, 0.25) is 0 Å². The molecule has 1 atom stereocenters. The molecule has 0 aliphatic carbocycles. The van der Waals surface area contributed by atoms with Gasteiger partial charge in [0.15, 0.2) is 5.76 Å². The van der Waals surface area contributed by atoms with Crippen molar-refractivity contribution in [3.8, 4) is 0 Å². The third kappa shape index (κ3) is 4.28. The molecule has 35 heavy (non-hydrogen) atoms. The van der Waals surface area contributed by atoms with Gasteiger partial charge in [0.05, 0.1) is 22.2 Å². The number of ketones is 1. The van der Waals surface area contributed by atoms with Gasteiger partial charge < -0.3 is 14.9 Å². The first-order chi connectivity index (χ1) is 16.8. The Hall–Kier alpha value is -4.05. The summed E-state index contributed by atoms with van der Waals surface area (Å²) in [5.41, 5.74) is 1.76. The summed E-state index contributed by atoms with van der Waals surface area (Å²) in [4.78, 5) is 45.1. The van der Waals surface area contributed by atoms with Crippen LogP contribution in [0.5, 0.6) is 0 Å². The molecular formula is C25H27N5O5. The SMILES string of the molecule is CCN(CC)CCN1C(=O)C(=O)/C(=C(/O)c2c(C)nc3ccccn23)[C@@H]1c1ccc([N+](=O)[O-])cc1. The van der Waals surface area contributed by atoms with Crippen LogP contribution in [0.1, 0.15) is 36.8 Å². The lowest BCUT2D eigenvalue weighted by Crippen LogP contribution is -2.38. The summed E-state index contributed by atoms with van der Waals surface area (Å²) in [6.07, 6.45) is 1.72. The van der Waals surface area contributed by atoms with Gasteiger partial charge in [0.1, 0.15) is 11.3 Å². The van der Waals surface area contributed by atoms with E-state index in [0.29, 0.717) is 29.1 Å². The Morgan fingerprint density at radius 2 is 1.83 bits per heavy atom. The van der Waals surface area contributed by atoms with E-state index < -0.39 is 22.7 Å². The highest BCUT2D eigenvalue weighted by Crippen LogP contribution is 2.40. The van der Waals surface area contributed by atoms with Crippen LogP contribution in [0.25, 0.3) is 11.4 Å². The second-order valence-electron chi connectivity index (χ2n) is 8.34. The average Bonchev–Trinajstić information content (AvgIpc) is 3.32. The molecule has 3 heterocycles. The number of carbonyl (C=O) groups is 2. The number of Topliss-reactive ketones (excluding diaryl/α,β-unsaturated/α-hetero) is 1. The highest BCUT2D eigenvalue weighted by atomic mass is 16.6. The van der Waals surface area contributed by atoms with Crippen LogP contribution in [0.2, 0.25) is 0 Å². The number of amides is 1. The molecule has 1 N–H and O–H groups in total. The van der Waals surface area contributed by atoms with E-state index >= 15 is 0 Å². The Bertz CT molecular complexity index is 1320. The van der Waals surface area contributed by atoms with Gasteiger partial charge in [0.25, 0.3) is 17.4 Å². The molecule has 0 bridgehead atoms. The minimum absolute atomic E-state index is 0.0582. The molecule has 0 spiro atoms. The van der Waals surface area contributed by atoms with Gasteiger partial charge >= 0.3 is 0 Å². The van der Waals surface area contributed by atoms with E-state index in [4.69, 9.17) is 0 Å². The van der Waals surface area contributed by atoms with Crippen LogP contribution < -0.4 is 0 Å². The maximum atomic E-state index is 13.3. The quantitative estimate of drug-likeness (QED) is 0.174. The number of non-ortho nitro benzene ring substituents is 1. The molecule has 4 rings (SSSR count). The van der Waals surface area contributed by atoms with E-state index in [1.54, 1.807) is 29.7 Å². The average molecular weight is 478 g/mol. The zero-order valence-electron chi connectivity index (χ0n) is 19.8. The van der Waals surface area contributed by atoms with Crippen LogP contribution in [0.15, 0.2) is 54.2 Å². The molecule has 182 valence electrons. The monoisotopic (exact) mass is 477 g/mol. The number of nitrogens with zero attached hydrogens (tertiary/aromatic N) is 5. The minimum atomic E-state index is -0.889. The number of carbonyl (C=O) groups excluding carboxylic acids is 2. The van der Waals surface area contributed by atoms with Gasteiger partial charge in [-0.2, -0.15) is 0 Å². The van der Waals surface area contributed by atoms with E-state index in [2.05, 4.69) is 9.88 Å². The Balaban J connectivity index is 1.88. The van der Waals surface area contributed by atoms with Gasteiger partial charge in [-0.15, -0.1) is 0 Å². The topological polar surface area (TPSA) is 121 Å². The second-order valence-corrected chi connectivity index (χ2v) is 8.34. The third-order valence-corrected chi connectivity index (χ3v) is 6.44. The Kier molecular flexibility index (Phi) is 6.65. The fourth-order valence-electron chi connectivity index (χ4n) is 4.55. The number of rotatable bonds is 8. The summed E-state index contributed by atoms with van der Waals surface area (Å²) in [5, 5.41) is 22.6. The summed E-state index contributed by atoms with van der Waals surface area (Å²) in [6, 6.07) is 10.2. The summed E-state index contributed by atoms with van der Waals surface area (Å²) in [5.74, 6) is -1.84. The van der Waals surface area contributed by atoms with Crippen molar-refractivity contribution in [2.75, 3.05) is 26.2 Å². The third-order valence-electron chi connectivity index (χ3n) is 6.44. The molecule has 10 nitrogen and oxygen atoms in total. The molecule has 1 aliphatic rings. The largest absolute Gasteiger partial charge is 0.505 e. The number of hydrogen-bond acceptors (Lipinski definition) is 7. The molecule has 1 fully saturated rings. The highest BCUT2D eigenvalue weighted by Gasteiger charge is 2.46. The Morgan fingerprint density at radius 1 is 1.14 bits per heavy atom. The van der Waals surface area contributed by atoms with Crippen molar-refractivity contribution in [3.05, 3.63) is 81.3 Å². The smallest absolute Gasteiger partial charge is 0.295 e. The van der Waals surface area contributed by atoms with E-state index in [-0.39, 0.29) is 23.6 Å². The zero-order valence-corrected chi connectivity index (χ0v) is 19.8. The first-order valence-corrected chi connectivity index (χ1v) is 11.5. The van der Waals surface area contributed by atoms with Crippen LogP contribution in [-0.2, 0) is 9.59 Å². The van der Waals surface area contributed by atoms with Crippen molar-refractivity contribution in [2.45, 2.75) is 26.8 Å². The standard InChI is InChI=1S/C25H27N5O5/c1-4-27(5-2)14-15-29-22(17-9-11-18(12-10-17)30(34)35)20(24(32)25(29)33)23(31)21-16(3)26-19-8-6-7-13-28(19)21/h6-13,22,31H,4-5,14-15H2,1-3H3/b23-20+/t22-/m0/s1. The van der Waals surface area contributed by atoms with Crippen molar-refractivity contribution in [3.63, 3.8) is 0 Å². The van der Waals surface area contributed by atoms with Crippen LogP contribution >= 0.6 is 0 Å². The molecule has 2 aromatic heterocycles. The number of imidazole rings is 1. The predicted octanol–water partition coefficient (Wildman–Crippen LogP) is 3.31. The number of aromatic nitrogens is 2. The van der Waals surface area contributed by atoms with Gasteiger partial charge in [0, 0.05) is 31.4 Å². The maximum absolute atomic E-state index is 13.3. The van der Waals surface area contributed by atoms with E-state index in [1.165, 1.54) is 29.2 Å². The number of likely N-dealkylation sites (tertiary alicyclic amines) is 1. The summed E-state index contributed by atoms with van der Waals surface area (Å²) in [7, 11) is 0. The van der Waals surface area contributed by atoms with Crippen LogP contribution in [0, 0.1) is 17.0 Å². The summed E-state index contributed by atoms with van der Waals surface area (Å²) < 4.78 is 1.67. The number of aliphatic hydroxyl groups is 1. The molecule has 3 aromatic rings. The first-order valence-electron chi connectivity index (χ1n) is 11.5. The molecule has 1 saturated heterocycles. The number of hydrogen-bond donors (Lipinski definition) is 1. The molecule has 10 heteroatoms. The Labute approximate surface area is 202 Å². The molecule has 0 unspecified atom stereocenters. The lowest BCUT2D eigenvalue weighted by Gasteiger charge is -2.28. The van der Waals surface area contributed by atoms with E-state index in [1.807, 2.05) is 19.9 Å². The van der Waals surface area contributed by atoms with E-state index in [9.17, 15) is 24.8 Å². The number of fused-ring (bicyclic) bond motifs is 1. The lowest BCUT2D eigenvalue weighted by molar-refractivity contribution is -0.384. The number of aliphatic hydroxyl groups excluding tert-OH is 1. The fraction of sp³-hybridized carbons (Fsp3) is 0.320. The Morgan fingerprint density at radius 3 is 2.46 bits per heavy atom. The summed E-state index contributed by atoms with van der Waals surface area (Å²) >= 11 is 0. The molecule has 0 radical (unpaired) electrons.